The zero-order chi connectivity index (χ0) is 31.8. The third-order valence-electron chi connectivity index (χ3n) is 9.18. The van der Waals surface area contributed by atoms with E-state index in [2.05, 4.69) is 26.3 Å². The summed E-state index contributed by atoms with van der Waals surface area (Å²) in [5.74, 6) is 1.29. The Labute approximate surface area is 269 Å². The molecule has 0 aromatic carbocycles. The van der Waals surface area contributed by atoms with Crippen molar-refractivity contribution >= 4 is 23.9 Å². The fourth-order valence-corrected chi connectivity index (χ4v) is 6.87. The van der Waals surface area contributed by atoms with E-state index in [0.29, 0.717) is 43.5 Å². The summed E-state index contributed by atoms with van der Waals surface area (Å²) in [5, 5.41) is 0. The average Bonchev–Trinajstić information content (AvgIpc) is 3.71. The van der Waals surface area contributed by atoms with Crippen LogP contribution in [0.25, 0.3) is 0 Å². The van der Waals surface area contributed by atoms with Crippen molar-refractivity contribution in [3.8, 4) is 0 Å². The van der Waals surface area contributed by atoms with Crippen LogP contribution in [0.15, 0.2) is 50.6 Å². The third kappa shape index (κ3) is 10.1. The van der Waals surface area contributed by atoms with Gasteiger partial charge in [-0.2, -0.15) is 0 Å². The van der Waals surface area contributed by atoms with Crippen LogP contribution >= 0.6 is 0 Å². The summed E-state index contributed by atoms with van der Waals surface area (Å²) >= 11 is 0. The molecule has 0 amide bonds. The molecule has 3 saturated carbocycles. The standard InChI is InChI=1S/C17H22O4.C16H24O6.2CH4/c1-3-16(18)20-9-10-5-12-11-7-14(13(12)6-10)15(8-11)21-17(19)4-2;1-6-12(17)19-9-16(8-3)10-20-14(21-11-16)15(4,5)22-13(18)7-2;;/h3-4,10-15H,1-2,5-9H2;6-7,14H,1-2,8-11H2,3-5H3;2*1H4. The van der Waals surface area contributed by atoms with E-state index in [4.69, 9.17) is 28.4 Å². The van der Waals surface area contributed by atoms with Crippen LogP contribution in [-0.4, -0.2) is 68.3 Å². The normalized spacial score (nSPS) is 30.8. The Balaban J connectivity index is 0.000000431. The highest BCUT2D eigenvalue weighted by atomic mass is 16.7. The van der Waals surface area contributed by atoms with Crippen LogP contribution in [0.1, 0.15) is 67.7 Å². The predicted molar refractivity (Wildman–Crippen MR) is 171 cm³/mol. The minimum Gasteiger partial charge on any atom is -0.462 e. The molecule has 4 aliphatic rings. The van der Waals surface area contributed by atoms with Crippen molar-refractivity contribution in [1.82, 2.24) is 0 Å². The van der Waals surface area contributed by atoms with Crippen molar-refractivity contribution in [1.29, 1.82) is 0 Å². The summed E-state index contributed by atoms with van der Waals surface area (Å²) in [5.41, 5.74) is -1.35. The molecule has 45 heavy (non-hydrogen) atoms. The number of carbonyl (C=O) groups is 4. The van der Waals surface area contributed by atoms with Gasteiger partial charge in [-0.25, -0.2) is 19.2 Å². The van der Waals surface area contributed by atoms with Crippen molar-refractivity contribution in [2.45, 2.75) is 85.7 Å². The Morgan fingerprint density at radius 3 is 1.89 bits per heavy atom. The lowest BCUT2D eigenvalue weighted by Crippen LogP contribution is -2.53. The fraction of sp³-hybridized carbons (Fsp3) is 0.657. The number of hydrogen-bond acceptors (Lipinski definition) is 10. The molecule has 1 saturated heterocycles. The molecule has 0 aromatic heterocycles. The number of esters is 4. The Morgan fingerprint density at radius 1 is 0.778 bits per heavy atom. The molecular weight excluding hydrogens is 580 g/mol. The summed E-state index contributed by atoms with van der Waals surface area (Å²) in [7, 11) is 0. The van der Waals surface area contributed by atoms with Crippen molar-refractivity contribution < 1.29 is 47.6 Å². The van der Waals surface area contributed by atoms with Gasteiger partial charge in [0.1, 0.15) is 12.7 Å². The van der Waals surface area contributed by atoms with Gasteiger partial charge in [-0.05, 0) is 75.5 Å². The van der Waals surface area contributed by atoms with Crippen LogP contribution < -0.4 is 0 Å². The van der Waals surface area contributed by atoms with E-state index in [-0.39, 0.29) is 39.5 Å². The van der Waals surface area contributed by atoms with Gasteiger partial charge in [-0.1, -0.05) is 48.1 Å². The first-order valence-corrected chi connectivity index (χ1v) is 14.9. The van der Waals surface area contributed by atoms with E-state index in [1.54, 1.807) is 13.8 Å². The monoisotopic (exact) mass is 634 g/mol. The van der Waals surface area contributed by atoms with Gasteiger partial charge in [0.15, 0.2) is 11.9 Å². The quantitative estimate of drug-likeness (QED) is 0.149. The largest absolute Gasteiger partial charge is 0.462 e. The molecule has 4 fully saturated rings. The van der Waals surface area contributed by atoms with E-state index in [1.807, 2.05) is 6.92 Å². The maximum absolute atomic E-state index is 11.4. The summed E-state index contributed by atoms with van der Waals surface area (Å²) in [6.45, 7) is 20.3. The second-order valence-corrected chi connectivity index (χ2v) is 12.4. The zero-order valence-corrected chi connectivity index (χ0v) is 25.6. The molecule has 6 unspecified atom stereocenters. The average molecular weight is 635 g/mol. The number of carbonyl (C=O) groups excluding carboxylic acids is 4. The molecule has 0 spiro atoms. The lowest BCUT2D eigenvalue weighted by atomic mass is 9.80. The van der Waals surface area contributed by atoms with Crippen LogP contribution in [0, 0.1) is 35.0 Å². The molecule has 4 rings (SSSR count). The Morgan fingerprint density at radius 2 is 1.33 bits per heavy atom. The van der Waals surface area contributed by atoms with Crippen molar-refractivity contribution in [3.05, 3.63) is 50.6 Å². The molecular formula is C35H54O10. The lowest BCUT2D eigenvalue weighted by molar-refractivity contribution is -0.293. The summed E-state index contributed by atoms with van der Waals surface area (Å²) < 4.78 is 32.5. The number of ether oxygens (including phenoxy) is 6. The number of fused-ring (bicyclic) bond motifs is 5. The van der Waals surface area contributed by atoms with Crippen molar-refractivity contribution in [3.63, 3.8) is 0 Å². The molecule has 0 N–H and O–H groups in total. The number of hydrogen-bond donors (Lipinski definition) is 0. The maximum Gasteiger partial charge on any atom is 0.330 e. The topological polar surface area (TPSA) is 124 Å². The van der Waals surface area contributed by atoms with E-state index in [0.717, 1.165) is 43.8 Å². The first kappa shape index (κ1) is 39.8. The summed E-state index contributed by atoms with van der Waals surface area (Å²) in [4.78, 5) is 45.1. The van der Waals surface area contributed by atoms with Crippen LogP contribution in [-0.2, 0) is 47.6 Å². The van der Waals surface area contributed by atoms with Crippen molar-refractivity contribution in [2.24, 2.45) is 35.0 Å². The zero-order valence-electron chi connectivity index (χ0n) is 25.6. The smallest absolute Gasteiger partial charge is 0.330 e. The first-order chi connectivity index (χ1) is 20.4. The van der Waals surface area contributed by atoms with Crippen molar-refractivity contribution in [2.75, 3.05) is 26.4 Å². The molecule has 0 radical (unpaired) electrons. The fourth-order valence-electron chi connectivity index (χ4n) is 6.87. The van der Waals surface area contributed by atoms with Gasteiger partial charge >= 0.3 is 23.9 Å². The van der Waals surface area contributed by atoms with E-state index in [1.165, 1.54) is 18.6 Å². The second-order valence-electron chi connectivity index (χ2n) is 12.4. The SMILES string of the molecule is C.C.C=CC(=O)OCC1(CC)COC(C(C)(C)OC(=O)C=C)OC1.C=CC(=O)OCC1CC2C3CC(OC(=O)C=C)C(C3)C2C1. The van der Waals surface area contributed by atoms with E-state index >= 15 is 0 Å². The van der Waals surface area contributed by atoms with Gasteiger partial charge in [0.25, 0.3) is 0 Å². The minimum atomic E-state index is -0.942. The molecule has 1 aliphatic heterocycles. The van der Waals surface area contributed by atoms with Gasteiger partial charge in [0, 0.05) is 24.3 Å². The Bertz CT molecular complexity index is 1070. The minimum absolute atomic E-state index is 0. The predicted octanol–water partition coefficient (Wildman–Crippen LogP) is 5.76. The van der Waals surface area contributed by atoms with E-state index < -0.39 is 29.2 Å². The molecule has 3 aliphatic carbocycles. The maximum atomic E-state index is 11.4. The molecule has 10 heteroatoms. The van der Waals surface area contributed by atoms with Gasteiger partial charge < -0.3 is 28.4 Å². The van der Waals surface area contributed by atoms with Crippen LogP contribution in [0.4, 0.5) is 0 Å². The third-order valence-corrected chi connectivity index (χ3v) is 9.18. The van der Waals surface area contributed by atoms with Gasteiger partial charge in [-0.15, -0.1) is 0 Å². The lowest BCUT2D eigenvalue weighted by Gasteiger charge is -2.43. The molecule has 10 nitrogen and oxygen atoms in total. The first-order valence-electron chi connectivity index (χ1n) is 14.9. The number of rotatable bonds is 12. The van der Waals surface area contributed by atoms with E-state index in [9.17, 15) is 19.2 Å². The van der Waals surface area contributed by atoms with Gasteiger partial charge in [0.2, 0.25) is 0 Å². The molecule has 254 valence electrons. The highest BCUT2D eigenvalue weighted by Crippen LogP contribution is 2.60. The molecule has 2 bridgehead atoms. The van der Waals surface area contributed by atoms with Gasteiger partial charge in [-0.3, -0.25) is 0 Å². The van der Waals surface area contributed by atoms with Crippen LogP contribution in [0.5, 0.6) is 0 Å². The molecule has 1 heterocycles. The second kappa shape index (κ2) is 17.5. The van der Waals surface area contributed by atoms with Crippen LogP contribution in [0.2, 0.25) is 0 Å². The molecule has 0 aromatic rings. The summed E-state index contributed by atoms with van der Waals surface area (Å²) in [6, 6.07) is 0. The van der Waals surface area contributed by atoms with Gasteiger partial charge in [0.05, 0.1) is 25.2 Å². The summed E-state index contributed by atoms with van der Waals surface area (Å²) in [6.07, 6.45) is 9.16. The molecule has 6 atom stereocenters. The highest BCUT2D eigenvalue weighted by Gasteiger charge is 2.57. The Kier molecular flexibility index (Phi) is 15.4. The van der Waals surface area contributed by atoms with Crippen LogP contribution in [0.3, 0.4) is 0 Å². The highest BCUT2D eigenvalue weighted by molar-refractivity contribution is 5.82. The Hall–Kier alpha value is -3.24.